The number of rotatable bonds is 12. The predicted molar refractivity (Wildman–Crippen MR) is 102 cm³/mol. The first-order valence-corrected chi connectivity index (χ1v) is 8.93. The average Bonchev–Trinajstić information content (AvgIpc) is 2.62. The number of nitrogens with one attached hydrogen (secondary N) is 2. The number of benzene rings is 1. The van der Waals surface area contributed by atoms with E-state index in [4.69, 9.17) is 14.2 Å². The normalized spacial score (nSPS) is 11.4. The zero-order chi connectivity index (χ0) is 18.3. The standard InChI is InChI=1S/C19H33N3O3/c1-5-20-19(21-10-6-7-11-25-13-12-23-3)22-15-17-9-8-16(2)14-18(17)24-4/h8-9,14H,5-7,10-13,15H2,1-4H3,(H2,20,21,22). The lowest BCUT2D eigenvalue weighted by atomic mass is 10.1. The number of ether oxygens (including phenoxy) is 3. The molecule has 0 unspecified atom stereocenters. The van der Waals surface area contributed by atoms with Crippen LogP contribution in [0.15, 0.2) is 23.2 Å². The van der Waals surface area contributed by atoms with E-state index in [-0.39, 0.29) is 0 Å². The van der Waals surface area contributed by atoms with Gasteiger partial charge in [-0.25, -0.2) is 4.99 Å². The van der Waals surface area contributed by atoms with Gasteiger partial charge in [0.25, 0.3) is 0 Å². The highest BCUT2D eigenvalue weighted by Crippen LogP contribution is 2.20. The fourth-order valence-electron chi connectivity index (χ4n) is 2.27. The molecule has 0 aliphatic rings. The molecule has 6 heteroatoms. The Hall–Kier alpha value is -1.79. The van der Waals surface area contributed by atoms with Gasteiger partial charge in [-0.2, -0.15) is 0 Å². The van der Waals surface area contributed by atoms with Crippen molar-refractivity contribution in [2.24, 2.45) is 4.99 Å². The molecule has 6 nitrogen and oxygen atoms in total. The summed E-state index contributed by atoms with van der Waals surface area (Å²) in [6, 6.07) is 6.19. The third kappa shape index (κ3) is 9.31. The van der Waals surface area contributed by atoms with Crippen molar-refractivity contribution in [3.63, 3.8) is 0 Å². The summed E-state index contributed by atoms with van der Waals surface area (Å²) in [7, 11) is 3.38. The van der Waals surface area contributed by atoms with Crippen molar-refractivity contribution in [3.05, 3.63) is 29.3 Å². The van der Waals surface area contributed by atoms with Gasteiger partial charge in [0.1, 0.15) is 5.75 Å². The molecule has 25 heavy (non-hydrogen) atoms. The third-order valence-corrected chi connectivity index (χ3v) is 3.63. The summed E-state index contributed by atoms with van der Waals surface area (Å²) < 4.78 is 15.8. The van der Waals surface area contributed by atoms with Crippen LogP contribution in [-0.4, -0.2) is 53.1 Å². The largest absolute Gasteiger partial charge is 0.496 e. The van der Waals surface area contributed by atoms with Crippen molar-refractivity contribution in [2.45, 2.75) is 33.2 Å². The summed E-state index contributed by atoms with van der Waals surface area (Å²) in [6.07, 6.45) is 2.05. The van der Waals surface area contributed by atoms with E-state index >= 15 is 0 Å². The Bertz CT molecular complexity index is 507. The summed E-state index contributed by atoms with van der Waals surface area (Å²) >= 11 is 0. The highest BCUT2D eigenvalue weighted by atomic mass is 16.5. The van der Waals surface area contributed by atoms with Crippen LogP contribution in [-0.2, 0) is 16.0 Å². The van der Waals surface area contributed by atoms with Crippen LogP contribution in [0.2, 0.25) is 0 Å². The zero-order valence-electron chi connectivity index (χ0n) is 16.1. The number of guanidine groups is 1. The van der Waals surface area contributed by atoms with Crippen LogP contribution in [0.1, 0.15) is 30.9 Å². The first kappa shape index (κ1) is 21.3. The highest BCUT2D eigenvalue weighted by molar-refractivity contribution is 5.79. The van der Waals surface area contributed by atoms with Crippen molar-refractivity contribution in [1.82, 2.24) is 10.6 Å². The van der Waals surface area contributed by atoms with Crippen molar-refractivity contribution < 1.29 is 14.2 Å². The van der Waals surface area contributed by atoms with E-state index in [0.717, 1.165) is 49.8 Å². The van der Waals surface area contributed by atoms with E-state index in [1.165, 1.54) is 5.56 Å². The predicted octanol–water partition coefficient (Wildman–Crippen LogP) is 2.50. The van der Waals surface area contributed by atoms with Gasteiger partial charge >= 0.3 is 0 Å². The molecule has 1 rings (SSSR count). The van der Waals surface area contributed by atoms with Gasteiger partial charge in [0, 0.05) is 32.4 Å². The van der Waals surface area contributed by atoms with Crippen LogP contribution in [0.25, 0.3) is 0 Å². The zero-order valence-corrected chi connectivity index (χ0v) is 16.1. The molecule has 0 amide bonds. The Morgan fingerprint density at radius 3 is 2.64 bits per heavy atom. The Morgan fingerprint density at radius 2 is 1.92 bits per heavy atom. The Morgan fingerprint density at radius 1 is 1.08 bits per heavy atom. The number of hydrogen-bond acceptors (Lipinski definition) is 4. The highest BCUT2D eigenvalue weighted by Gasteiger charge is 2.03. The molecule has 0 saturated carbocycles. The molecule has 1 aromatic carbocycles. The lowest BCUT2D eigenvalue weighted by molar-refractivity contribution is 0.0689. The maximum atomic E-state index is 5.46. The molecule has 2 N–H and O–H groups in total. The Labute approximate surface area is 152 Å². The summed E-state index contributed by atoms with van der Waals surface area (Å²) in [5, 5.41) is 6.63. The maximum Gasteiger partial charge on any atom is 0.191 e. The summed E-state index contributed by atoms with van der Waals surface area (Å²) in [4.78, 5) is 4.65. The number of unbranched alkanes of at least 4 members (excludes halogenated alkanes) is 1. The first-order chi connectivity index (χ1) is 12.2. The van der Waals surface area contributed by atoms with Crippen LogP contribution in [0.5, 0.6) is 5.75 Å². The third-order valence-electron chi connectivity index (χ3n) is 3.63. The molecule has 0 aromatic heterocycles. The van der Waals surface area contributed by atoms with E-state index in [1.807, 2.05) is 6.07 Å². The molecule has 0 atom stereocenters. The van der Waals surface area contributed by atoms with Gasteiger partial charge in [-0.3, -0.25) is 0 Å². The Kier molecular flexibility index (Phi) is 11.5. The van der Waals surface area contributed by atoms with Crippen molar-refractivity contribution >= 4 is 5.96 Å². The number of nitrogens with zero attached hydrogens (tertiary/aromatic N) is 1. The summed E-state index contributed by atoms with van der Waals surface area (Å²) in [6.45, 7) is 8.47. The van der Waals surface area contributed by atoms with Gasteiger partial charge in [-0.1, -0.05) is 12.1 Å². The van der Waals surface area contributed by atoms with Crippen LogP contribution in [0.3, 0.4) is 0 Å². The monoisotopic (exact) mass is 351 g/mol. The van der Waals surface area contributed by atoms with E-state index in [2.05, 4.69) is 41.6 Å². The second kappa shape index (κ2) is 13.5. The van der Waals surface area contributed by atoms with E-state index in [9.17, 15) is 0 Å². The van der Waals surface area contributed by atoms with Crippen LogP contribution >= 0.6 is 0 Å². The van der Waals surface area contributed by atoms with Crippen molar-refractivity contribution in [3.8, 4) is 5.75 Å². The molecule has 0 aliphatic carbocycles. The molecule has 0 radical (unpaired) electrons. The van der Waals surface area contributed by atoms with E-state index in [0.29, 0.717) is 19.8 Å². The minimum Gasteiger partial charge on any atom is -0.496 e. The molecule has 0 spiro atoms. The van der Waals surface area contributed by atoms with Crippen molar-refractivity contribution in [2.75, 3.05) is 47.1 Å². The smallest absolute Gasteiger partial charge is 0.191 e. The molecule has 0 saturated heterocycles. The average molecular weight is 351 g/mol. The van der Waals surface area contributed by atoms with Gasteiger partial charge in [0.05, 0.1) is 26.9 Å². The Balaban J connectivity index is 2.39. The maximum absolute atomic E-state index is 5.46. The fraction of sp³-hybridized carbons (Fsp3) is 0.632. The van der Waals surface area contributed by atoms with Gasteiger partial charge < -0.3 is 24.8 Å². The van der Waals surface area contributed by atoms with Gasteiger partial charge in [-0.15, -0.1) is 0 Å². The topological polar surface area (TPSA) is 64.1 Å². The number of aliphatic imine (C=N–C) groups is 1. The number of methoxy groups -OCH3 is 2. The summed E-state index contributed by atoms with van der Waals surface area (Å²) in [5.74, 6) is 1.71. The van der Waals surface area contributed by atoms with Crippen LogP contribution in [0, 0.1) is 6.92 Å². The molecule has 142 valence electrons. The molecule has 0 heterocycles. The second-order valence-corrected chi connectivity index (χ2v) is 5.75. The van der Waals surface area contributed by atoms with E-state index in [1.54, 1.807) is 14.2 Å². The second-order valence-electron chi connectivity index (χ2n) is 5.75. The van der Waals surface area contributed by atoms with Gasteiger partial charge in [0.2, 0.25) is 0 Å². The lowest BCUT2D eigenvalue weighted by Crippen LogP contribution is -2.37. The van der Waals surface area contributed by atoms with Crippen molar-refractivity contribution in [1.29, 1.82) is 0 Å². The lowest BCUT2D eigenvalue weighted by Gasteiger charge is -2.12. The molecule has 0 bridgehead atoms. The molecular formula is C19H33N3O3. The van der Waals surface area contributed by atoms with Gasteiger partial charge in [0.15, 0.2) is 5.96 Å². The fourth-order valence-corrected chi connectivity index (χ4v) is 2.27. The minimum atomic E-state index is 0.582. The van der Waals surface area contributed by atoms with Crippen LogP contribution in [0.4, 0.5) is 0 Å². The molecule has 0 fully saturated rings. The van der Waals surface area contributed by atoms with Crippen LogP contribution < -0.4 is 15.4 Å². The SMILES string of the molecule is CCNC(=NCc1ccc(C)cc1OC)NCCCCOCCOC. The first-order valence-electron chi connectivity index (χ1n) is 8.93. The molecular weight excluding hydrogens is 318 g/mol. The quantitative estimate of drug-likeness (QED) is 0.344. The molecule has 1 aromatic rings. The molecule has 0 aliphatic heterocycles. The summed E-state index contributed by atoms with van der Waals surface area (Å²) in [5.41, 5.74) is 2.26. The number of aryl methyl sites for hydroxylation is 1. The number of hydrogen-bond donors (Lipinski definition) is 2. The van der Waals surface area contributed by atoms with E-state index < -0.39 is 0 Å². The van der Waals surface area contributed by atoms with Gasteiger partial charge in [-0.05, 0) is 38.3 Å². The minimum absolute atomic E-state index is 0.582.